The number of nitrogens with two attached hydrogens (primary N) is 1. The molecule has 0 aliphatic rings. The summed E-state index contributed by atoms with van der Waals surface area (Å²) in [6, 6.07) is 8.90. The van der Waals surface area contributed by atoms with Gasteiger partial charge in [0.25, 0.3) is 0 Å². The van der Waals surface area contributed by atoms with E-state index in [9.17, 15) is 0 Å². The van der Waals surface area contributed by atoms with E-state index in [0.717, 1.165) is 5.75 Å². The minimum absolute atomic E-state index is 0.165. The molecule has 0 amide bonds. The monoisotopic (exact) mass is 251 g/mol. The van der Waals surface area contributed by atoms with Crippen molar-refractivity contribution in [2.75, 3.05) is 5.75 Å². The second kappa shape index (κ2) is 7.07. The summed E-state index contributed by atoms with van der Waals surface area (Å²) in [4.78, 5) is 1.33. The van der Waals surface area contributed by atoms with Gasteiger partial charge in [0.15, 0.2) is 0 Å². The summed E-state index contributed by atoms with van der Waals surface area (Å²) in [6.07, 6.45) is 1.19. The van der Waals surface area contributed by atoms with Crippen LogP contribution in [0.15, 0.2) is 29.2 Å². The van der Waals surface area contributed by atoms with Crippen molar-refractivity contribution < 1.29 is 0 Å². The van der Waals surface area contributed by atoms with Crippen molar-refractivity contribution >= 4 is 11.8 Å². The van der Waals surface area contributed by atoms with Gasteiger partial charge in [0.05, 0.1) is 0 Å². The summed E-state index contributed by atoms with van der Waals surface area (Å²) in [5, 5.41) is 0. The van der Waals surface area contributed by atoms with Crippen molar-refractivity contribution in [2.45, 2.75) is 45.1 Å². The van der Waals surface area contributed by atoms with Gasteiger partial charge >= 0.3 is 0 Å². The number of benzene rings is 1. The molecule has 2 atom stereocenters. The molecule has 17 heavy (non-hydrogen) atoms. The van der Waals surface area contributed by atoms with Gasteiger partial charge in [0.1, 0.15) is 0 Å². The highest BCUT2D eigenvalue weighted by molar-refractivity contribution is 7.99. The highest BCUT2D eigenvalue weighted by Crippen LogP contribution is 2.26. The van der Waals surface area contributed by atoms with Gasteiger partial charge in [-0.15, -0.1) is 11.8 Å². The van der Waals surface area contributed by atoms with Crippen molar-refractivity contribution in [3.05, 3.63) is 29.8 Å². The predicted molar refractivity (Wildman–Crippen MR) is 78.4 cm³/mol. The molecule has 1 rings (SSSR count). The lowest BCUT2D eigenvalue weighted by Gasteiger charge is -2.22. The van der Waals surface area contributed by atoms with Crippen LogP contribution < -0.4 is 5.73 Å². The highest BCUT2D eigenvalue weighted by atomic mass is 32.2. The number of thioether (sulfide) groups is 1. The van der Waals surface area contributed by atoms with Gasteiger partial charge in [-0.2, -0.15) is 0 Å². The molecule has 1 aromatic rings. The first-order chi connectivity index (χ1) is 8.04. The maximum Gasteiger partial charge on any atom is 0.0320 e. The minimum atomic E-state index is 0.165. The van der Waals surface area contributed by atoms with E-state index in [1.165, 1.54) is 16.9 Å². The Morgan fingerprint density at radius 2 is 1.71 bits per heavy atom. The Morgan fingerprint density at radius 1 is 1.12 bits per heavy atom. The van der Waals surface area contributed by atoms with E-state index < -0.39 is 0 Å². The third-order valence-corrected chi connectivity index (χ3v) is 3.93. The van der Waals surface area contributed by atoms with E-state index in [4.69, 9.17) is 5.73 Å². The number of hydrogen-bond acceptors (Lipinski definition) is 2. The summed E-state index contributed by atoms with van der Waals surface area (Å²) in [7, 11) is 0. The molecule has 0 aliphatic carbocycles. The van der Waals surface area contributed by atoms with Crippen LogP contribution in [0.4, 0.5) is 0 Å². The maximum absolute atomic E-state index is 6.30. The van der Waals surface area contributed by atoms with Gasteiger partial charge in [-0.3, -0.25) is 0 Å². The van der Waals surface area contributed by atoms with Crippen LogP contribution in [0.3, 0.4) is 0 Å². The number of rotatable bonds is 6. The summed E-state index contributed by atoms with van der Waals surface area (Å²) in [5.74, 6) is 2.38. The van der Waals surface area contributed by atoms with E-state index in [-0.39, 0.29) is 6.04 Å². The highest BCUT2D eigenvalue weighted by Gasteiger charge is 2.15. The summed E-state index contributed by atoms with van der Waals surface area (Å²) < 4.78 is 0. The SMILES string of the molecule is CCSc1ccc(C(N)C(C)CC(C)C)cc1. The zero-order valence-corrected chi connectivity index (χ0v) is 12.3. The lowest BCUT2D eigenvalue weighted by atomic mass is 9.88. The molecule has 0 radical (unpaired) electrons. The molecule has 0 bridgehead atoms. The molecule has 0 saturated carbocycles. The van der Waals surface area contributed by atoms with Crippen molar-refractivity contribution in [1.82, 2.24) is 0 Å². The van der Waals surface area contributed by atoms with E-state index >= 15 is 0 Å². The van der Waals surface area contributed by atoms with E-state index in [1.54, 1.807) is 0 Å². The van der Waals surface area contributed by atoms with Crippen LogP contribution in [0.2, 0.25) is 0 Å². The van der Waals surface area contributed by atoms with E-state index in [1.807, 2.05) is 11.8 Å². The molecular weight excluding hydrogens is 226 g/mol. The van der Waals surface area contributed by atoms with E-state index in [0.29, 0.717) is 11.8 Å². The zero-order chi connectivity index (χ0) is 12.8. The Labute approximate surface area is 110 Å². The van der Waals surface area contributed by atoms with E-state index in [2.05, 4.69) is 52.0 Å². The Kier molecular flexibility index (Phi) is 6.07. The first-order valence-corrected chi connectivity index (χ1v) is 7.51. The maximum atomic E-state index is 6.30. The molecule has 2 N–H and O–H groups in total. The zero-order valence-electron chi connectivity index (χ0n) is 11.4. The Hall–Kier alpha value is -0.470. The lowest BCUT2D eigenvalue weighted by molar-refractivity contribution is 0.378. The average molecular weight is 251 g/mol. The van der Waals surface area contributed by atoms with Gasteiger partial charge in [0.2, 0.25) is 0 Å². The quantitative estimate of drug-likeness (QED) is 0.754. The average Bonchev–Trinajstić information content (AvgIpc) is 2.28. The van der Waals surface area contributed by atoms with Crippen LogP contribution in [0.5, 0.6) is 0 Å². The largest absolute Gasteiger partial charge is 0.324 e. The topological polar surface area (TPSA) is 26.0 Å². The van der Waals surface area contributed by atoms with Crippen molar-refractivity contribution in [1.29, 1.82) is 0 Å². The van der Waals surface area contributed by atoms with Gasteiger partial charge < -0.3 is 5.73 Å². The molecule has 0 aliphatic heterocycles. The lowest BCUT2D eigenvalue weighted by Crippen LogP contribution is -2.20. The summed E-state index contributed by atoms with van der Waals surface area (Å²) in [5.41, 5.74) is 7.57. The predicted octanol–water partition coefficient (Wildman–Crippen LogP) is 4.48. The standard InChI is InChI=1S/C15H25NS/c1-5-17-14-8-6-13(7-9-14)15(16)12(4)10-11(2)3/h6-9,11-12,15H,5,10,16H2,1-4H3. The second-order valence-corrected chi connectivity index (χ2v) is 6.47. The minimum Gasteiger partial charge on any atom is -0.324 e. The van der Waals surface area contributed by atoms with Gasteiger partial charge in [0, 0.05) is 10.9 Å². The van der Waals surface area contributed by atoms with Crippen molar-refractivity contribution in [3.63, 3.8) is 0 Å². The summed E-state index contributed by atoms with van der Waals surface area (Å²) in [6.45, 7) is 8.93. The Balaban J connectivity index is 2.65. The fourth-order valence-corrected chi connectivity index (χ4v) is 2.83. The second-order valence-electron chi connectivity index (χ2n) is 5.13. The molecule has 0 fully saturated rings. The molecule has 0 heterocycles. The summed E-state index contributed by atoms with van der Waals surface area (Å²) >= 11 is 1.87. The van der Waals surface area contributed by atoms with Crippen molar-refractivity contribution in [3.8, 4) is 0 Å². The molecule has 2 unspecified atom stereocenters. The molecule has 2 heteroatoms. The molecule has 0 saturated heterocycles. The molecule has 1 nitrogen and oxygen atoms in total. The molecule has 0 aromatic heterocycles. The van der Waals surface area contributed by atoms with Crippen LogP contribution >= 0.6 is 11.8 Å². The third kappa shape index (κ3) is 4.72. The molecule has 0 spiro atoms. The number of hydrogen-bond donors (Lipinski definition) is 1. The first kappa shape index (κ1) is 14.6. The van der Waals surface area contributed by atoms with Crippen LogP contribution in [0.1, 0.15) is 45.7 Å². The van der Waals surface area contributed by atoms with Crippen molar-refractivity contribution in [2.24, 2.45) is 17.6 Å². The first-order valence-electron chi connectivity index (χ1n) is 6.53. The molecule has 96 valence electrons. The van der Waals surface area contributed by atoms with Crippen LogP contribution in [-0.4, -0.2) is 5.75 Å². The van der Waals surface area contributed by atoms with Crippen LogP contribution in [0.25, 0.3) is 0 Å². The van der Waals surface area contributed by atoms with Crippen LogP contribution in [-0.2, 0) is 0 Å². The Morgan fingerprint density at radius 3 is 2.18 bits per heavy atom. The molecular formula is C15H25NS. The Bertz CT molecular complexity index is 318. The fourth-order valence-electron chi connectivity index (χ4n) is 2.17. The molecule has 1 aromatic carbocycles. The van der Waals surface area contributed by atoms with Crippen LogP contribution in [0, 0.1) is 11.8 Å². The van der Waals surface area contributed by atoms with Gasteiger partial charge in [-0.05, 0) is 41.7 Å². The van der Waals surface area contributed by atoms with Gasteiger partial charge in [-0.1, -0.05) is 39.8 Å². The third-order valence-electron chi connectivity index (χ3n) is 3.03. The van der Waals surface area contributed by atoms with Gasteiger partial charge in [-0.25, -0.2) is 0 Å². The fraction of sp³-hybridized carbons (Fsp3) is 0.600. The normalized spacial score (nSPS) is 14.9. The smallest absolute Gasteiger partial charge is 0.0320 e.